The number of para-hydroxylation sites is 1. The smallest absolute Gasteiger partial charge is 0.327 e. The molecule has 6 rings (SSSR count). The highest BCUT2D eigenvalue weighted by atomic mass is 16.5. The van der Waals surface area contributed by atoms with E-state index in [1.165, 1.54) is 16.0 Å². The number of rotatable bonds is 8. The maximum atomic E-state index is 14.0. The highest BCUT2D eigenvalue weighted by molar-refractivity contribution is 6.07. The van der Waals surface area contributed by atoms with E-state index < -0.39 is 5.54 Å². The van der Waals surface area contributed by atoms with Crippen LogP contribution in [0.15, 0.2) is 72.8 Å². The molecule has 0 unspecified atom stereocenters. The molecule has 2 saturated heterocycles. The minimum absolute atomic E-state index is 0.0571. The molecule has 3 aromatic carbocycles. The lowest BCUT2D eigenvalue weighted by molar-refractivity contribution is -0.136. The summed E-state index contributed by atoms with van der Waals surface area (Å²) in [5, 5.41) is 3.47. The third kappa shape index (κ3) is 4.46. The molecule has 1 N–H and O–H groups in total. The second kappa shape index (κ2) is 10.2. The Hall–Kier alpha value is -3.68. The number of piperidine rings is 1. The van der Waals surface area contributed by atoms with E-state index >= 15 is 0 Å². The Kier molecular flexibility index (Phi) is 6.64. The van der Waals surface area contributed by atoms with E-state index in [-0.39, 0.29) is 11.9 Å². The monoisotopic (exact) mass is 510 g/mol. The number of carbonyl (C=O) groups excluding carboxylic acids is 2. The number of fused-ring (bicyclic) bond motifs is 2. The number of amides is 3. The summed E-state index contributed by atoms with van der Waals surface area (Å²) >= 11 is 0. The van der Waals surface area contributed by atoms with Gasteiger partial charge in [-0.2, -0.15) is 0 Å². The largest absolute Gasteiger partial charge is 0.385 e. The molecule has 0 saturated carbocycles. The van der Waals surface area contributed by atoms with E-state index in [1.807, 2.05) is 29.2 Å². The van der Waals surface area contributed by atoms with Gasteiger partial charge >= 0.3 is 6.03 Å². The first-order valence-electron chi connectivity index (χ1n) is 13.5. The first-order chi connectivity index (χ1) is 18.6. The quantitative estimate of drug-likeness (QED) is 0.263. The number of aromatic nitrogens is 1. The topological polar surface area (TPSA) is 68.9 Å². The molecule has 7 heteroatoms. The van der Waals surface area contributed by atoms with Gasteiger partial charge in [0.05, 0.1) is 6.54 Å². The number of carbonyl (C=O) groups is 2. The molecule has 7 nitrogen and oxygen atoms in total. The van der Waals surface area contributed by atoms with E-state index in [0.29, 0.717) is 39.0 Å². The van der Waals surface area contributed by atoms with Gasteiger partial charge in [-0.25, -0.2) is 4.79 Å². The number of imide groups is 1. The Labute approximate surface area is 223 Å². The van der Waals surface area contributed by atoms with E-state index in [1.54, 1.807) is 7.11 Å². The molecule has 0 atom stereocenters. The van der Waals surface area contributed by atoms with Gasteiger partial charge < -0.3 is 14.6 Å². The molecule has 38 heavy (non-hydrogen) atoms. The van der Waals surface area contributed by atoms with Crippen molar-refractivity contribution in [1.82, 2.24) is 19.7 Å². The lowest BCUT2D eigenvalue weighted by atomic mass is 9.85. The van der Waals surface area contributed by atoms with E-state index in [2.05, 4.69) is 58.4 Å². The van der Waals surface area contributed by atoms with Crippen molar-refractivity contribution >= 4 is 33.6 Å². The Morgan fingerprint density at radius 1 is 0.868 bits per heavy atom. The van der Waals surface area contributed by atoms with Crippen LogP contribution >= 0.6 is 0 Å². The van der Waals surface area contributed by atoms with Gasteiger partial charge in [0.1, 0.15) is 5.54 Å². The molecule has 1 spiro atoms. The number of ether oxygens (including phenoxy) is 1. The zero-order valence-electron chi connectivity index (χ0n) is 21.9. The summed E-state index contributed by atoms with van der Waals surface area (Å²) in [6, 6.07) is 24.6. The number of methoxy groups -OCH3 is 1. The van der Waals surface area contributed by atoms with Crippen molar-refractivity contribution in [1.29, 1.82) is 0 Å². The van der Waals surface area contributed by atoms with Gasteiger partial charge in [0.2, 0.25) is 0 Å². The standard InChI is InChI=1S/C31H34N4O3/c1-38-18-6-15-35-30(37)34(21-23-11-12-24-7-2-3-8-25(24)19-23)29(36)31(35)13-16-33(17-14-31)22-27-20-26-9-4-5-10-28(26)32-27/h2-5,7-12,19-20,32H,6,13-18,21-22H2,1H3. The van der Waals surface area contributed by atoms with E-state index in [9.17, 15) is 9.59 Å². The number of aromatic amines is 1. The Bertz CT molecular complexity index is 1440. The Balaban J connectivity index is 1.20. The maximum Gasteiger partial charge on any atom is 0.327 e. The van der Waals surface area contributed by atoms with Gasteiger partial charge in [-0.3, -0.25) is 14.6 Å². The van der Waals surface area contributed by atoms with Gasteiger partial charge in [-0.05, 0) is 59.2 Å². The summed E-state index contributed by atoms with van der Waals surface area (Å²) in [6.07, 6.45) is 1.98. The first kappa shape index (κ1) is 24.6. The molecular formula is C31H34N4O3. The molecule has 2 aliphatic heterocycles. The third-order valence-corrected chi connectivity index (χ3v) is 8.17. The number of benzene rings is 3. The number of urea groups is 1. The van der Waals surface area contributed by atoms with Crippen molar-refractivity contribution in [2.45, 2.75) is 37.9 Å². The van der Waals surface area contributed by atoms with Gasteiger partial charge in [0.15, 0.2) is 0 Å². The van der Waals surface area contributed by atoms with Gasteiger partial charge in [-0.1, -0.05) is 54.6 Å². The van der Waals surface area contributed by atoms with Crippen molar-refractivity contribution in [2.24, 2.45) is 0 Å². The summed E-state index contributed by atoms with van der Waals surface area (Å²) < 4.78 is 5.26. The average Bonchev–Trinajstić information content (AvgIpc) is 3.43. The van der Waals surface area contributed by atoms with Crippen molar-refractivity contribution in [3.63, 3.8) is 0 Å². The molecule has 4 aromatic rings. The van der Waals surface area contributed by atoms with Crippen LogP contribution in [-0.2, 0) is 22.6 Å². The summed E-state index contributed by atoms with van der Waals surface area (Å²) in [7, 11) is 1.67. The molecule has 0 radical (unpaired) electrons. The van der Waals surface area contributed by atoms with Gasteiger partial charge in [0.25, 0.3) is 5.91 Å². The zero-order chi connectivity index (χ0) is 26.1. The summed E-state index contributed by atoms with van der Waals surface area (Å²) in [6.45, 7) is 3.71. The van der Waals surface area contributed by atoms with E-state index in [4.69, 9.17) is 4.74 Å². The fourth-order valence-corrected chi connectivity index (χ4v) is 6.14. The van der Waals surface area contributed by atoms with E-state index in [0.717, 1.165) is 41.5 Å². The lowest BCUT2D eigenvalue weighted by Gasteiger charge is -2.42. The van der Waals surface area contributed by atoms with Crippen LogP contribution in [0.1, 0.15) is 30.5 Å². The van der Waals surface area contributed by atoms with Crippen LogP contribution in [0.2, 0.25) is 0 Å². The number of nitrogens with one attached hydrogen (secondary N) is 1. The molecule has 0 bridgehead atoms. The first-order valence-corrected chi connectivity index (χ1v) is 13.5. The zero-order valence-corrected chi connectivity index (χ0v) is 21.9. The summed E-state index contributed by atoms with van der Waals surface area (Å²) in [5.41, 5.74) is 2.50. The van der Waals surface area contributed by atoms with Crippen molar-refractivity contribution < 1.29 is 14.3 Å². The van der Waals surface area contributed by atoms with Crippen LogP contribution in [0.4, 0.5) is 4.79 Å². The number of hydrogen-bond donors (Lipinski definition) is 1. The summed E-state index contributed by atoms with van der Waals surface area (Å²) in [4.78, 5) is 36.9. The minimum Gasteiger partial charge on any atom is -0.385 e. The molecule has 3 heterocycles. The van der Waals surface area contributed by atoms with Gasteiger partial charge in [-0.15, -0.1) is 0 Å². The maximum absolute atomic E-state index is 14.0. The van der Waals surface area contributed by atoms with Crippen LogP contribution in [0, 0.1) is 0 Å². The fraction of sp³-hybridized carbons (Fsp3) is 0.355. The Morgan fingerprint density at radius 3 is 2.37 bits per heavy atom. The number of hydrogen-bond acceptors (Lipinski definition) is 4. The molecular weight excluding hydrogens is 476 g/mol. The molecule has 2 fully saturated rings. The van der Waals surface area contributed by atoms with Crippen LogP contribution < -0.4 is 0 Å². The normalized spacial score (nSPS) is 17.9. The number of nitrogens with zero attached hydrogens (tertiary/aromatic N) is 3. The van der Waals surface area contributed by atoms with Crippen LogP contribution in [0.3, 0.4) is 0 Å². The lowest BCUT2D eigenvalue weighted by Crippen LogP contribution is -2.56. The molecule has 2 aliphatic rings. The second-order valence-electron chi connectivity index (χ2n) is 10.5. The predicted molar refractivity (Wildman–Crippen MR) is 149 cm³/mol. The molecule has 0 aliphatic carbocycles. The SMILES string of the molecule is COCCCN1C(=O)N(Cc2ccc3ccccc3c2)C(=O)C12CCN(Cc1cc3ccccc3[nH]1)CC2. The molecule has 1 aromatic heterocycles. The van der Waals surface area contributed by atoms with Crippen LogP contribution in [0.5, 0.6) is 0 Å². The molecule has 3 amide bonds. The summed E-state index contributed by atoms with van der Waals surface area (Å²) in [5.74, 6) is -0.0571. The highest BCUT2D eigenvalue weighted by Gasteiger charge is 2.57. The van der Waals surface area contributed by atoms with Crippen molar-refractivity contribution in [3.8, 4) is 0 Å². The number of likely N-dealkylation sites (tertiary alicyclic amines) is 1. The molecule has 196 valence electrons. The van der Waals surface area contributed by atoms with Gasteiger partial charge in [0, 0.05) is 51.1 Å². The number of H-pyrrole nitrogens is 1. The fourth-order valence-electron chi connectivity index (χ4n) is 6.14. The van der Waals surface area contributed by atoms with Crippen LogP contribution in [-0.4, -0.2) is 70.5 Å². The second-order valence-corrected chi connectivity index (χ2v) is 10.5. The average molecular weight is 511 g/mol. The van der Waals surface area contributed by atoms with Crippen LogP contribution in [0.25, 0.3) is 21.7 Å². The van der Waals surface area contributed by atoms with Crippen molar-refractivity contribution in [2.75, 3.05) is 33.4 Å². The minimum atomic E-state index is -0.779. The van der Waals surface area contributed by atoms with Crippen molar-refractivity contribution in [3.05, 3.63) is 84.1 Å². The Morgan fingerprint density at radius 2 is 1.61 bits per heavy atom. The highest BCUT2D eigenvalue weighted by Crippen LogP contribution is 2.38. The third-order valence-electron chi connectivity index (χ3n) is 8.17. The predicted octanol–water partition coefficient (Wildman–Crippen LogP) is 5.16.